The fourth-order valence-corrected chi connectivity index (χ4v) is 4.40. The Labute approximate surface area is 219 Å². The quantitative estimate of drug-likeness (QED) is 0.345. The molecular formula is C30H29N5O3. The van der Waals surface area contributed by atoms with E-state index >= 15 is 0 Å². The minimum atomic E-state index is -0.389. The summed E-state index contributed by atoms with van der Waals surface area (Å²) in [6, 6.07) is 22.1. The van der Waals surface area contributed by atoms with Gasteiger partial charge in [0.05, 0.1) is 24.0 Å². The molecule has 2 heterocycles. The molecule has 0 fully saturated rings. The van der Waals surface area contributed by atoms with Crippen molar-refractivity contribution in [2.45, 2.75) is 26.9 Å². The van der Waals surface area contributed by atoms with Gasteiger partial charge in [0.2, 0.25) is 5.78 Å². The van der Waals surface area contributed by atoms with E-state index in [1.165, 1.54) is 13.6 Å². The van der Waals surface area contributed by atoms with Crippen LogP contribution in [0.4, 0.5) is 0 Å². The van der Waals surface area contributed by atoms with Gasteiger partial charge in [-0.15, -0.1) is 5.10 Å². The molecule has 0 atom stereocenters. The van der Waals surface area contributed by atoms with Crippen molar-refractivity contribution in [2.24, 2.45) is 5.92 Å². The maximum Gasteiger partial charge on any atom is 0.352 e. The molecule has 0 saturated carbocycles. The summed E-state index contributed by atoms with van der Waals surface area (Å²) >= 11 is 0. The Balaban J connectivity index is 1.70. The first-order valence-electron chi connectivity index (χ1n) is 12.6. The molecule has 2 aromatic heterocycles. The third kappa shape index (κ3) is 4.80. The van der Waals surface area contributed by atoms with Crippen molar-refractivity contribution in [1.82, 2.24) is 24.1 Å². The summed E-state index contributed by atoms with van der Waals surface area (Å²) in [4.78, 5) is 40.2. The highest BCUT2D eigenvalue weighted by atomic mass is 16.2. The predicted molar refractivity (Wildman–Crippen MR) is 150 cm³/mol. The molecule has 1 amide bonds. The van der Waals surface area contributed by atoms with Crippen LogP contribution < -0.4 is 16.6 Å². The number of nitrogens with zero attached hydrogens (tertiary/aromatic N) is 4. The molecular weight excluding hydrogens is 478 g/mol. The van der Waals surface area contributed by atoms with Crippen LogP contribution in [0, 0.1) is 5.92 Å². The van der Waals surface area contributed by atoms with Gasteiger partial charge in [-0.1, -0.05) is 81.1 Å². The Morgan fingerprint density at radius 3 is 2.37 bits per heavy atom. The molecule has 0 aliphatic carbocycles. The van der Waals surface area contributed by atoms with E-state index in [9.17, 15) is 14.4 Å². The molecule has 38 heavy (non-hydrogen) atoms. The van der Waals surface area contributed by atoms with Gasteiger partial charge in [0.1, 0.15) is 0 Å². The second kappa shape index (κ2) is 10.3. The first kappa shape index (κ1) is 25.0. The number of carbonyl (C=O) groups excluding carboxylic acids is 1. The number of hydrogen-bond donors (Lipinski definition) is 1. The van der Waals surface area contributed by atoms with Crippen LogP contribution in [0.15, 0.2) is 89.0 Å². The van der Waals surface area contributed by atoms with Gasteiger partial charge in [-0.25, -0.2) is 13.9 Å². The zero-order valence-corrected chi connectivity index (χ0v) is 21.4. The van der Waals surface area contributed by atoms with Crippen LogP contribution in [0.5, 0.6) is 0 Å². The van der Waals surface area contributed by atoms with Gasteiger partial charge in [0, 0.05) is 12.1 Å². The van der Waals surface area contributed by atoms with Crippen LogP contribution >= 0.6 is 0 Å². The molecule has 0 bridgehead atoms. The molecule has 0 saturated heterocycles. The highest BCUT2D eigenvalue weighted by Crippen LogP contribution is 2.16. The number of amides is 1. The molecule has 3 aromatic carbocycles. The lowest BCUT2D eigenvalue weighted by atomic mass is 10.1. The number of fused-ring (bicyclic) bond motifs is 3. The Kier molecular flexibility index (Phi) is 6.79. The topological polar surface area (TPSA) is 90.4 Å². The van der Waals surface area contributed by atoms with Gasteiger partial charge in [0.25, 0.3) is 11.5 Å². The van der Waals surface area contributed by atoms with Gasteiger partial charge < -0.3 is 5.32 Å². The number of rotatable bonds is 8. The average molecular weight is 508 g/mol. The lowest BCUT2D eigenvalue weighted by Crippen LogP contribution is -2.29. The SMILES string of the molecule is C=Cc1ccc(Cn2nc3n(Cc4ccccc4)c(=O)c4ccc(C(=O)NCC(C)C)cc4n3c2=O)cc1. The van der Waals surface area contributed by atoms with E-state index in [0.29, 0.717) is 23.0 Å². The molecule has 0 aliphatic heterocycles. The molecule has 0 radical (unpaired) electrons. The standard InChI is InChI=1S/C30H29N5O3/c1-4-21-10-12-23(13-11-21)19-34-30(38)35-26-16-24(27(36)31-17-20(2)3)14-15-25(26)28(37)33(29(35)32-34)18-22-8-6-5-7-9-22/h4-16,20H,1,17-19H2,2-3H3,(H,31,36). The van der Waals surface area contributed by atoms with Crippen molar-refractivity contribution in [1.29, 1.82) is 0 Å². The lowest BCUT2D eigenvalue weighted by Gasteiger charge is -2.11. The zero-order valence-electron chi connectivity index (χ0n) is 21.4. The maximum atomic E-state index is 13.7. The van der Waals surface area contributed by atoms with Crippen LogP contribution in [-0.2, 0) is 13.1 Å². The monoisotopic (exact) mass is 507 g/mol. The molecule has 8 nitrogen and oxygen atoms in total. The van der Waals surface area contributed by atoms with Crippen molar-refractivity contribution in [3.05, 3.63) is 122 Å². The van der Waals surface area contributed by atoms with Crippen molar-refractivity contribution in [3.8, 4) is 0 Å². The van der Waals surface area contributed by atoms with Gasteiger partial charge in [0.15, 0.2) is 0 Å². The summed E-state index contributed by atoms with van der Waals surface area (Å²) in [7, 11) is 0. The van der Waals surface area contributed by atoms with E-state index in [2.05, 4.69) is 17.0 Å². The van der Waals surface area contributed by atoms with Crippen LogP contribution in [-0.4, -0.2) is 31.2 Å². The largest absolute Gasteiger partial charge is 0.352 e. The van der Waals surface area contributed by atoms with Gasteiger partial charge in [-0.2, -0.15) is 0 Å². The highest BCUT2D eigenvalue weighted by Gasteiger charge is 2.19. The normalized spacial score (nSPS) is 11.3. The Morgan fingerprint density at radius 1 is 0.974 bits per heavy atom. The maximum absolute atomic E-state index is 13.7. The summed E-state index contributed by atoms with van der Waals surface area (Å²) in [6.45, 7) is 8.80. The van der Waals surface area contributed by atoms with Crippen LogP contribution in [0.1, 0.15) is 40.9 Å². The molecule has 0 unspecified atom stereocenters. The number of hydrogen-bond acceptors (Lipinski definition) is 4. The first-order valence-corrected chi connectivity index (χ1v) is 12.6. The smallest absolute Gasteiger partial charge is 0.352 e. The Bertz CT molecular complexity index is 1760. The van der Waals surface area contributed by atoms with Crippen LogP contribution in [0.3, 0.4) is 0 Å². The molecule has 5 rings (SSSR count). The molecule has 8 heteroatoms. The molecule has 5 aromatic rings. The van der Waals surface area contributed by atoms with Crippen LogP contribution in [0.25, 0.3) is 22.8 Å². The number of nitrogens with one attached hydrogen (secondary N) is 1. The second-order valence-corrected chi connectivity index (χ2v) is 9.73. The van der Waals surface area contributed by atoms with Crippen molar-refractivity contribution >= 4 is 28.7 Å². The minimum absolute atomic E-state index is 0.221. The first-order chi connectivity index (χ1) is 18.4. The molecule has 0 aliphatic rings. The van der Waals surface area contributed by atoms with Gasteiger partial charge in [-0.3, -0.25) is 14.2 Å². The van der Waals surface area contributed by atoms with Crippen LogP contribution in [0.2, 0.25) is 0 Å². The summed E-state index contributed by atoms with van der Waals surface area (Å²) in [5.41, 5.74) is 2.82. The third-order valence-corrected chi connectivity index (χ3v) is 6.44. The number of benzene rings is 3. The van der Waals surface area contributed by atoms with Gasteiger partial charge in [-0.05, 0) is 40.8 Å². The van der Waals surface area contributed by atoms with E-state index in [-0.39, 0.29) is 41.9 Å². The van der Waals surface area contributed by atoms with Crippen molar-refractivity contribution in [3.63, 3.8) is 0 Å². The van der Waals surface area contributed by atoms with Crippen molar-refractivity contribution < 1.29 is 4.79 Å². The summed E-state index contributed by atoms with van der Waals surface area (Å²) < 4.78 is 4.29. The molecule has 0 spiro atoms. The number of aromatic nitrogens is 4. The second-order valence-electron chi connectivity index (χ2n) is 9.73. The lowest BCUT2D eigenvalue weighted by molar-refractivity contribution is 0.0949. The Hall–Kier alpha value is -4.72. The average Bonchev–Trinajstić information content (AvgIpc) is 3.25. The Morgan fingerprint density at radius 2 is 1.68 bits per heavy atom. The predicted octanol–water partition coefficient (Wildman–Crippen LogP) is 3.94. The van der Waals surface area contributed by atoms with Gasteiger partial charge >= 0.3 is 5.69 Å². The zero-order chi connectivity index (χ0) is 26.8. The fourth-order valence-electron chi connectivity index (χ4n) is 4.40. The van der Waals surface area contributed by atoms with Crippen molar-refractivity contribution in [2.75, 3.05) is 6.54 Å². The molecule has 1 N–H and O–H groups in total. The number of carbonyl (C=O) groups is 1. The van der Waals surface area contributed by atoms with E-state index < -0.39 is 0 Å². The van der Waals surface area contributed by atoms with E-state index in [4.69, 9.17) is 0 Å². The minimum Gasteiger partial charge on any atom is -0.352 e. The summed E-state index contributed by atoms with van der Waals surface area (Å²) in [5, 5.41) is 7.83. The summed E-state index contributed by atoms with van der Waals surface area (Å²) in [6.07, 6.45) is 1.75. The van der Waals surface area contributed by atoms with E-state index in [1.54, 1.807) is 24.3 Å². The highest BCUT2D eigenvalue weighted by molar-refractivity contribution is 5.98. The third-order valence-electron chi connectivity index (χ3n) is 6.44. The van der Waals surface area contributed by atoms with E-state index in [0.717, 1.165) is 16.7 Å². The fraction of sp³-hybridized carbons (Fsp3) is 0.200. The van der Waals surface area contributed by atoms with E-state index in [1.807, 2.05) is 68.4 Å². The molecule has 192 valence electrons. The summed E-state index contributed by atoms with van der Waals surface area (Å²) in [5.74, 6) is 0.251.